The molecule has 0 spiro atoms. The van der Waals surface area contributed by atoms with Gasteiger partial charge in [0.2, 0.25) is 0 Å². The molecule has 1 aliphatic carbocycles. The molecule has 116 valence electrons. The second-order valence-electron chi connectivity index (χ2n) is 4.99. The van der Waals surface area contributed by atoms with Gasteiger partial charge in [-0.2, -0.15) is 0 Å². The first-order chi connectivity index (χ1) is 10.5. The summed E-state index contributed by atoms with van der Waals surface area (Å²) in [4.78, 5) is 33.3. The molecular weight excluding hydrogens is 288 g/mol. The van der Waals surface area contributed by atoms with Gasteiger partial charge in [0.15, 0.2) is 6.61 Å². The number of nitrogens with zero attached hydrogens (tertiary/aromatic N) is 1. The van der Waals surface area contributed by atoms with E-state index in [1.54, 1.807) is 0 Å². The monoisotopic (exact) mass is 304 g/mol. The van der Waals surface area contributed by atoms with Gasteiger partial charge in [-0.3, -0.25) is 19.7 Å². The van der Waals surface area contributed by atoms with Crippen molar-refractivity contribution >= 4 is 23.3 Å². The van der Waals surface area contributed by atoms with Crippen LogP contribution in [0.15, 0.2) is 36.4 Å². The van der Waals surface area contributed by atoms with Crippen molar-refractivity contribution < 1.29 is 19.2 Å². The van der Waals surface area contributed by atoms with Gasteiger partial charge in [-0.1, -0.05) is 18.2 Å². The Labute approximate surface area is 127 Å². The smallest absolute Gasteiger partial charge is 0.306 e. The number of carbonyl (C=O) groups excluding carboxylic acids is 2. The second kappa shape index (κ2) is 7.35. The lowest BCUT2D eigenvalue weighted by Gasteiger charge is -2.08. The Morgan fingerprint density at radius 2 is 2.23 bits per heavy atom. The Morgan fingerprint density at radius 1 is 1.41 bits per heavy atom. The minimum atomic E-state index is -0.551. The van der Waals surface area contributed by atoms with Crippen molar-refractivity contribution in [3.05, 3.63) is 46.5 Å². The van der Waals surface area contributed by atoms with Gasteiger partial charge in [0.1, 0.15) is 0 Å². The van der Waals surface area contributed by atoms with Crippen molar-refractivity contribution in [2.75, 3.05) is 11.9 Å². The topological polar surface area (TPSA) is 98.5 Å². The molecule has 0 heterocycles. The number of allylic oxidation sites excluding steroid dienone is 2. The van der Waals surface area contributed by atoms with Gasteiger partial charge in [-0.25, -0.2) is 0 Å². The van der Waals surface area contributed by atoms with Crippen molar-refractivity contribution in [3.8, 4) is 0 Å². The third-order valence-corrected chi connectivity index (χ3v) is 3.25. The summed E-state index contributed by atoms with van der Waals surface area (Å²) in [5.74, 6) is -0.770. The molecule has 22 heavy (non-hydrogen) atoms. The third kappa shape index (κ3) is 4.69. The fourth-order valence-corrected chi connectivity index (χ4v) is 2.18. The molecule has 1 aromatic carbocycles. The summed E-state index contributed by atoms with van der Waals surface area (Å²) < 4.78 is 4.90. The Hall–Kier alpha value is -2.70. The fourth-order valence-electron chi connectivity index (χ4n) is 2.18. The number of hydrogen-bond acceptors (Lipinski definition) is 5. The molecule has 0 unspecified atom stereocenters. The largest absolute Gasteiger partial charge is 0.456 e. The number of nitrogens with one attached hydrogen (secondary N) is 1. The minimum absolute atomic E-state index is 0.122. The molecule has 0 aliphatic heterocycles. The molecule has 7 nitrogen and oxygen atoms in total. The van der Waals surface area contributed by atoms with Crippen molar-refractivity contribution in [3.63, 3.8) is 0 Å². The molecule has 0 saturated carbocycles. The molecule has 0 radical (unpaired) electrons. The van der Waals surface area contributed by atoms with Crippen LogP contribution in [0.1, 0.15) is 19.3 Å². The van der Waals surface area contributed by atoms with Gasteiger partial charge in [-0.05, 0) is 24.8 Å². The van der Waals surface area contributed by atoms with Crippen LogP contribution >= 0.6 is 0 Å². The number of anilines is 1. The van der Waals surface area contributed by atoms with Crippen molar-refractivity contribution in [2.24, 2.45) is 5.92 Å². The van der Waals surface area contributed by atoms with Gasteiger partial charge in [0.25, 0.3) is 11.6 Å². The summed E-state index contributed by atoms with van der Waals surface area (Å²) in [5.41, 5.74) is 0.164. The number of non-ortho nitro benzene ring substituents is 1. The summed E-state index contributed by atoms with van der Waals surface area (Å²) in [7, 11) is 0. The van der Waals surface area contributed by atoms with Crippen LogP contribution in [0.3, 0.4) is 0 Å². The standard InChI is InChI=1S/C15H16N2O5/c18-14(10-22-15(19)8-11-4-1-2-5-11)16-12-6-3-7-13(9-12)17(20)21/h1,3-4,6-7,9,11H,2,5,8,10H2,(H,16,18)/t11-/m1/s1. The average molecular weight is 304 g/mol. The minimum Gasteiger partial charge on any atom is -0.456 e. The highest BCUT2D eigenvalue weighted by molar-refractivity contribution is 5.93. The molecule has 1 aromatic rings. The molecule has 1 aliphatic rings. The Bertz CT molecular complexity index is 612. The number of benzene rings is 1. The van der Waals surface area contributed by atoms with Crippen LogP contribution in [0.4, 0.5) is 11.4 Å². The predicted octanol–water partition coefficient (Wildman–Crippen LogP) is 2.43. The maximum Gasteiger partial charge on any atom is 0.306 e. The van der Waals surface area contributed by atoms with Crippen molar-refractivity contribution in [1.82, 2.24) is 0 Å². The number of ether oxygens (including phenoxy) is 1. The molecule has 0 fully saturated rings. The van der Waals surface area contributed by atoms with Gasteiger partial charge in [0, 0.05) is 17.8 Å². The number of rotatable bonds is 6. The van der Waals surface area contributed by atoms with Gasteiger partial charge in [0.05, 0.1) is 11.3 Å². The van der Waals surface area contributed by atoms with Crippen LogP contribution in [0.25, 0.3) is 0 Å². The summed E-state index contributed by atoms with van der Waals surface area (Å²) in [6.45, 7) is -0.405. The van der Waals surface area contributed by atoms with Crippen molar-refractivity contribution in [2.45, 2.75) is 19.3 Å². The van der Waals surface area contributed by atoms with E-state index in [2.05, 4.69) is 5.32 Å². The van der Waals surface area contributed by atoms with E-state index in [-0.39, 0.29) is 23.7 Å². The summed E-state index contributed by atoms with van der Waals surface area (Å²) in [6, 6.07) is 5.55. The van der Waals surface area contributed by atoms with Crippen LogP contribution in [-0.2, 0) is 14.3 Å². The second-order valence-corrected chi connectivity index (χ2v) is 4.99. The zero-order valence-electron chi connectivity index (χ0n) is 11.9. The summed E-state index contributed by atoms with van der Waals surface area (Å²) >= 11 is 0. The fraction of sp³-hybridized carbons (Fsp3) is 0.333. The maximum absolute atomic E-state index is 11.7. The SMILES string of the molecule is O=C(COC(=O)C[C@@H]1C=CCC1)Nc1cccc([N+](=O)[O-])c1. The van der Waals surface area contributed by atoms with Crippen LogP contribution in [0.5, 0.6) is 0 Å². The normalized spacial score (nSPS) is 16.3. The zero-order chi connectivity index (χ0) is 15.9. The first-order valence-electron chi connectivity index (χ1n) is 6.91. The molecule has 2 rings (SSSR count). The van der Waals surface area contributed by atoms with Crippen molar-refractivity contribution in [1.29, 1.82) is 0 Å². The maximum atomic E-state index is 11.7. The molecule has 7 heteroatoms. The first kappa shape index (κ1) is 15.7. The van der Waals surface area contributed by atoms with E-state index < -0.39 is 23.4 Å². The van der Waals surface area contributed by atoms with Crippen LogP contribution < -0.4 is 5.32 Å². The lowest BCUT2D eigenvalue weighted by atomic mass is 10.1. The molecular formula is C15H16N2O5. The van der Waals surface area contributed by atoms with Crippen LogP contribution in [0.2, 0.25) is 0 Å². The Kier molecular flexibility index (Phi) is 5.24. The van der Waals surface area contributed by atoms with E-state index in [1.807, 2.05) is 12.2 Å². The quantitative estimate of drug-likeness (QED) is 0.376. The highest BCUT2D eigenvalue weighted by atomic mass is 16.6. The number of hydrogen-bond donors (Lipinski definition) is 1. The van der Waals surface area contributed by atoms with E-state index in [0.717, 1.165) is 12.8 Å². The van der Waals surface area contributed by atoms with E-state index in [9.17, 15) is 19.7 Å². The van der Waals surface area contributed by atoms with E-state index in [1.165, 1.54) is 24.3 Å². The zero-order valence-corrected chi connectivity index (χ0v) is 11.9. The molecule has 1 N–H and O–H groups in total. The number of nitro groups is 1. The average Bonchev–Trinajstić information content (AvgIpc) is 2.98. The van der Waals surface area contributed by atoms with E-state index in [0.29, 0.717) is 0 Å². The molecule has 0 aromatic heterocycles. The van der Waals surface area contributed by atoms with Gasteiger partial charge >= 0.3 is 5.97 Å². The molecule has 0 bridgehead atoms. The molecule has 0 saturated heterocycles. The van der Waals surface area contributed by atoms with Crippen LogP contribution in [-0.4, -0.2) is 23.4 Å². The molecule has 1 amide bonds. The van der Waals surface area contributed by atoms with E-state index >= 15 is 0 Å². The third-order valence-electron chi connectivity index (χ3n) is 3.25. The number of esters is 1. The summed E-state index contributed by atoms with van der Waals surface area (Å²) in [6.07, 6.45) is 6.15. The van der Waals surface area contributed by atoms with Crippen LogP contribution in [0, 0.1) is 16.0 Å². The Balaban J connectivity index is 1.77. The lowest BCUT2D eigenvalue weighted by Crippen LogP contribution is -2.21. The predicted molar refractivity (Wildman–Crippen MR) is 79.2 cm³/mol. The number of nitro benzene ring substituents is 1. The highest BCUT2D eigenvalue weighted by Gasteiger charge is 2.16. The highest BCUT2D eigenvalue weighted by Crippen LogP contribution is 2.20. The van der Waals surface area contributed by atoms with Gasteiger partial charge in [-0.15, -0.1) is 0 Å². The lowest BCUT2D eigenvalue weighted by molar-refractivity contribution is -0.384. The first-order valence-corrected chi connectivity index (χ1v) is 6.91. The number of carbonyl (C=O) groups is 2. The summed E-state index contributed by atoms with van der Waals surface area (Å²) in [5, 5.41) is 13.1. The van der Waals surface area contributed by atoms with E-state index in [4.69, 9.17) is 4.74 Å². The molecule has 1 atom stereocenters. The number of amides is 1. The van der Waals surface area contributed by atoms with Gasteiger partial charge < -0.3 is 10.1 Å². The Morgan fingerprint density at radius 3 is 2.91 bits per heavy atom.